The Balaban J connectivity index is 2.05. The van der Waals surface area contributed by atoms with Crippen molar-refractivity contribution in [3.63, 3.8) is 0 Å². The summed E-state index contributed by atoms with van der Waals surface area (Å²) in [5.41, 5.74) is 3.06. The Labute approximate surface area is 149 Å². The van der Waals surface area contributed by atoms with Gasteiger partial charge in [-0.3, -0.25) is 4.79 Å². The van der Waals surface area contributed by atoms with Crippen molar-refractivity contribution >= 4 is 11.6 Å². The number of nitrogens with zero attached hydrogens (tertiary/aromatic N) is 2. The van der Waals surface area contributed by atoms with E-state index in [1.54, 1.807) is 19.1 Å². The van der Waals surface area contributed by atoms with Gasteiger partial charge in [-0.2, -0.15) is 0 Å². The summed E-state index contributed by atoms with van der Waals surface area (Å²) >= 11 is 0. The summed E-state index contributed by atoms with van der Waals surface area (Å²) in [6, 6.07) is 13.7. The number of hydrogen-bond acceptors (Lipinski definition) is 4. The Morgan fingerprint density at radius 2 is 1.64 bits per heavy atom. The van der Waals surface area contributed by atoms with E-state index < -0.39 is 0 Å². The lowest BCUT2D eigenvalue weighted by atomic mass is 10.1. The molecule has 1 amide bonds. The topological polar surface area (TPSA) is 42.0 Å². The molecule has 0 N–H and O–H groups in total. The molecule has 0 aliphatic heterocycles. The third-order valence-electron chi connectivity index (χ3n) is 4.13. The van der Waals surface area contributed by atoms with Crippen molar-refractivity contribution in [3.8, 4) is 11.5 Å². The molecule has 0 radical (unpaired) electrons. The lowest BCUT2D eigenvalue weighted by Gasteiger charge is -2.19. The molecule has 0 fully saturated rings. The second-order valence-electron chi connectivity index (χ2n) is 6.17. The van der Waals surface area contributed by atoms with Crippen LogP contribution in [0.25, 0.3) is 0 Å². The third-order valence-corrected chi connectivity index (χ3v) is 4.13. The maximum Gasteiger partial charge on any atom is 0.227 e. The first-order valence-electron chi connectivity index (χ1n) is 8.15. The molecule has 0 bridgehead atoms. The van der Waals surface area contributed by atoms with Crippen molar-refractivity contribution in [2.24, 2.45) is 0 Å². The first kappa shape index (κ1) is 18.6. The summed E-state index contributed by atoms with van der Waals surface area (Å²) < 4.78 is 10.6. The van der Waals surface area contributed by atoms with Gasteiger partial charge in [-0.25, -0.2) is 0 Å². The molecule has 0 heterocycles. The van der Waals surface area contributed by atoms with E-state index in [-0.39, 0.29) is 12.3 Å². The van der Waals surface area contributed by atoms with E-state index in [0.717, 1.165) is 16.8 Å². The molecule has 5 nitrogen and oxygen atoms in total. The van der Waals surface area contributed by atoms with Crippen LogP contribution in [0.5, 0.6) is 11.5 Å². The Kier molecular flexibility index (Phi) is 6.28. The Morgan fingerprint density at radius 3 is 2.20 bits per heavy atom. The second kappa shape index (κ2) is 8.42. The monoisotopic (exact) mass is 342 g/mol. The zero-order valence-electron chi connectivity index (χ0n) is 15.6. The molecule has 0 aromatic heterocycles. The fourth-order valence-electron chi connectivity index (χ4n) is 2.58. The van der Waals surface area contributed by atoms with Gasteiger partial charge < -0.3 is 19.3 Å². The summed E-state index contributed by atoms with van der Waals surface area (Å²) in [6.45, 7) is 0.568. The number of carbonyl (C=O) groups is 1. The van der Waals surface area contributed by atoms with Crippen molar-refractivity contribution in [3.05, 3.63) is 53.6 Å². The number of amides is 1. The zero-order valence-corrected chi connectivity index (χ0v) is 15.6. The highest BCUT2D eigenvalue weighted by molar-refractivity contribution is 5.79. The van der Waals surface area contributed by atoms with Crippen molar-refractivity contribution in [1.29, 1.82) is 0 Å². The van der Waals surface area contributed by atoms with Gasteiger partial charge in [-0.05, 0) is 35.9 Å². The molecular weight excluding hydrogens is 316 g/mol. The van der Waals surface area contributed by atoms with Crippen LogP contribution in [-0.4, -0.2) is 46.2 Å². The number of anilines is 1. The minimum Gasteiger partial charge on any atom is -0.497 e. The minimum absolute atomic E-state index is 0.0308. The van der Waals surface area contributed by atoms with Crippen LogP contribution in [0.1, 0.15) is 11.1 Å². The highest BCUT2D eigenvalue weighted by Crippen LogP contribution is 2.25. The van der Waals surface area contributed by atoms with Crippen LogP contribution in [0, 0.1) is 0 Å². The highest BCUT2D eigenvalue weighted by Gasteiger charge is 2.14. The molecule has 0 atom stereocenters. The van der Waals surface area contributed by atoms with E-state index in [4.69, 9.17) is 9.47 Å². The number of methoxy groups -OCH3 is 2. The average Bonchev–Trinajstić information content (AvgIpc) is 2.61. The van der Waals surface area contributed by atoms with Gasteiger partial charge in [0.15, 0.2) is 0 Å². The number of ether oxygens (including phenoxy) is 2. The van der Waals surface area contributed by atoms with Crippen LogP contribution in [-0.2, 0) is 17.8 Å². The normalized spacial score (nSPS) is 10.3. The van der Waals surface area contributed by atoms with Gasteiger partial charge >= 0.3 is 0 Å². The smallest absolute Gasteiger partial charge is 0.227 e. The lowest BCUT2D eigenvalue weighted by molar-refractivity contribution is -0.129. The number of hydrogen-bond donors (Lipinski definition) is 0. The molecule has 5 heteroatoms. The fourth-order valence-corrected chi connectivity index (χ4v) is 2.58. The molecule has 2 aromatic rings. The maximum absolute atomic E-state index is 12.6. The van der Waals surface area contributed by atoms with E-state index >= 15 is 0 Å². The predicted molar refractivity (Wildman–Crippen MR) is 100 cm³/mol. The molecule has 0 aliphatic rings. The predicted octanol–water partition coefficient (Wildman–Crippen LogP) is 2.97. The molecule has 2 rings (SSSR count). The largest absolute Gasteiger partial charge is 0.497 e. The molecule has 0 saturated heterocycles. The summed E-state index contributed by atoms with van der Waals surface area (Å²) in [6.07, 6.45) is 0.270. The Morgan fingerprint density at radius 1 is 0.960 bits per heavy atom. The fraction of sp³-hybridized carbons (Fsp3) is 0.350. The molecule has 0 spiro atoms. The van der Waals surface area contributed by atoms with Gasteiger partial charge in [0.2, 0.25) is 5.91 Å². The minimum atomic E-state index is 0.0308. The summed E-state index contributed by atoms with van der Waals surface area (Å²) in [5, 5.41) is 0. The van der Waals surface area contributed by atoms with Crippen molar-refractivity contribution in [1.82, 2.24) is 4.90 Å². The van der Waals surface area contributed by atoms with Crippen molar-refractivity contribution in [2.75, 3.05) is 40.3 Å². The maximum atomic E-state index is 12.6. The van der Waals surface area contributed by atoms with Crippen molar-refractivity contribution in [2.45, 2.75) is 13.0 Å². The van der Waals surface area contributed by atoms with Gasteiger partial charge in [-0.15, -0.1) is 0 Å². The molecule has 134 valence electrons. The van der Waals surface area contributed by atoms with E-state index in [1.807, 2.05) is 56.4 Å². The number of benzene rings is 2. The van der Waals surface area contributed by atoms with Crippen LogP contribution in [0.15, 0.2) is 42.5 Å². The second-order valence-corrected chi connectivity index (χ2v) is 6.17. The number of carbonyl (C=O) groups excluding carboxylic acids is 1. The van der Waals surface area contributed by atoms with Crippen LogP contribution < -0.4 is 14.4 Å². The molecular formula is C20H26N2O3. The van der Waals surface area contributed by atoms with Crippen LogP contribution >= 0.6 is 0 Å². The van der Waals surface area contributed by atoms with Gasteiger partial charge in [0, 0.05) is 38.9 Å². The molecule has 0 unspecified atom stereocenters. The van der Waals surface area contributed by atoms with E-state index in [2.05, 4.69) is 12.1 Å². The summed E-state index contributed by atoms with van der Waals surface area (Å²) in [5.74, 6) is 1.44. The molecule has 2 aromatic carbocycles. The lowest BCUT2D eigenvalue weighted by Crippen LogP contribution is -2.27. The van der Waals surface area contributed by atoms with Crippen LogP contribution in [0.2, 0.25) is 0 Å². The first-order valence-corrected chi connectivity index (χ1v) is 8.15. The van der Waals surface area contributed by atoms with E-state index in [0.29, 0.717) is 18.0 Å². The van der Waals surface area contributed by atoms with Gasteiger partial charge in [0.05, 0.1) is 20.6 Å². The molecule has 0 aliphatic carbocycles. The quantitative estimate of drug-likeness (QED) is 0.776. The Hall–Kier alpha value is -2.69. The van der Waals surface area contributed by atoms with E-state index in [9.17, 15) is 4.79 Å². The summed E-state index contributed by atoms with van der Waals surface area (Å²) in [4.78, 5) is 16.4. The SMILES string of the molecule is COc1ccc(OC)c(CC(=O)N(C)Cc2ccc(N(C)C)cc2)c1. The average molecular weight is 342 g/mol. The summed E-state index contributed by atoms with van der Waals surface area (Å²) in [7, 11) is 9.04. The van der Waals surface area contributed by atoms with Gasteiger partial charge in [0.1, 0.15) is 11.5 Å². The standard InChI is InChI=1S/C20H26N2O3/c1-21(2)17-8-6-15(7-9-17)14-22(3)20(23)13-16-12-18(24-4)10-11-19(16)25-5/h6-12H,13-14H2,1-5H3. The van der Waals surface area contributed by atoms with Crippen LogP contribution in [0.4, 0.5) is 5.69 Å². The Bertz CT molecular complexity index is 711. The third kappa shape index (κ3) is 4.89. The van der Waals surface area contributed by atoms with Gasteiger partial charge in [0.25, 0.3) is 0 Å². The van der Waals surface area contributed by atoms with Crippen LogP contribution in [0.3, 0.4) is 0 Å². The molecule has 25 heavy (non-hydrogen) atoms. The zero-order chi connectivity index (χ0) is 18.4. The number of likely N-dealkylation sites (N-methyl/N-ethyl adjacent to an activating group) is 1. The number of rotatable bonds is 7. The van der Waals surface area contributed by atoms with E-state index in [1.165, 1.54) is 0 Å². The van der Waals surface area contributed by atoms with Crippen molar-refractivity contribution < 1.29 is 14.3 Å². The highest BCUT2D eigenvalue weighted by atomic mass is 16.5. The molecule has 0 saturated carbocycles. The van der Waals surface area contributed by atoms with Gasteiger partial charge in [-0.1, -0.05) is 12.1 Å². The first-order chi connectivity index (χ1) is 11.9.